The van der Waals surface area contributed by atoms with Gasteiger partial charge in [-0.3, -0.25) is 102 Å². The molecule has 9 aromatic rings. The van der Waals surface area contributed by atoms with Gasteiger partial charge in [-0.25, -0.2) is 52.2 Å². The maximum Gasteiger partial charge on any atom is 0.472 e. The molecule has 0 spiro atoms. The zero-order chi connectivity index (χ0) is 90.6. The molecular formula is C57H73N24O40P5. The second-order valence-corrected chi connectivity index (χ2v) is 35.2. The molecule has 29 atom stereocenters. The molecule has 69 heteroatoms. The van der Waals surface area contributed by atoms with Gasteiger partial charge in [-0.05, 0) is 18.2 Å². The summed E-state index contributed by atoms with van der Waals surface area (Å²) in [5, 5.41) is 91.1. The molecule has 0 aromatic carbocycles. The Balaban J connectivity index is 0.657. The first-order chi connectivity index (χ1) is 59.3. The third kappa shape index (κ3) is 18.6. The van der Waals surface area contributed by atoms with Crippen molar-refractivity contribution in [2.24, 2.45) is 0 Å². The van der Waals surface area contributed by atoms with Crippen LogP contribution >= 0.6 is 39.1 Å². The van der Waals surface area contributed by atoms with Crippen LogP contribution < -0.4 is 68.1 Å². The molecule has 0 bridgehead atoms. The lowest BCUT2D eigenvalue weighted by atomic mass is 10.1. The van der Waals surface area contributed by atoms with Crippen molar-refractivity contribution in [3.05, 3.63) is 118 Å². The van der Waals surface area contributed by atoms with Gasteiger partial charge < -0.3 is 128 Å². The van der Waals surface area contributed by atoms with Crippen molar-refractivity contribution >= 4 is 108 Å². The highest BCUT2D eigenvalue weighted by atomic mass is 31.2. The first-order valence-electron chi connectivity index (χ1n) is 36.2. The van der Waals surface area contributed by atoms with Crippen molar-refractivity contribution in [1.82, 2.24) is 87.2 Å². The standard InChI is InChI=1S/C57H73N24O40P5/c58-22-1-4-76(55(93)67-22)46-29(84)28(83)17(112-46)8-106-122(96,97)120-38-20(115-50(33(38)88)80-14-65-26-41(80)71-53(62)74-44(26)91)11-110-126(104,105)121-39-21(116-51(34(39)89)81-15-66-27-42(81)72-54(63)75-45(27)92)12-109-125(102,103)119-37-19(114-48(32(37)87)78-6-3-24(60)69-57(78)95)10-108-124(100,101)118-36-18(113-47(31(36)86)77-5-2-23(59)68-56(77)94)9-107-123(98,99)117-35-16(7-82)111-49(30(35)85)79-13-64-25-40(79)70-52(61)73-43(25)90/h1-6,13-21,28-39,46-51,82-89H,7-12H2,(H,96,97)(H,98,99)(H,100,101)(H,102,103)(H,104,105)(H2,58,67,93)(H2,59,68,94)(H2,60,69,95)(H3,61,70,73,90)(H3,62,71,74,91)(H3,63,72,75,92)/t16-,17-,18-,19-,20-,21-,28-,29-,30-,31-,32-,33-,34-,35-,36-,37-,38-,39-,46-,47-,48-,49-,50-,51-/m1/s1. The third-order valence-electron chi connectivity index (χ3n) is 19.9. The number of H-pyrrole nitrogens is 3. The number of nitrogens with two attached hydrogens (primary N) is 6. The van der Waals surface area contributed by atoms with E-state index in [2.05, 4.69) is 59.8 Å². The van der Waals surface area contributed by atoms with Crippen LogP contribution in [-0.2, 0) is 96.5 Å². The minimum atomic E-state index is -6.05. The molecule has 15 heterocycles. The highest BCUT2D eigenvalue weighted by Gasteiger charge is 2.58. The fraction of sp³-hybridized carbons (Fsp3) is 0.526. The zero-order valence-electron chi connectivity index (χ0n) is 63.0. The molecule has 0 saturated carbocycles. The second-order valence-electron chi connectivity index (χ2n) is 28.1. The molecule has 6 fully saturated rings. The Kier molecular flexibility index (Phi) is 25.5. The molecule has 0 amide bonds. The number of aromatic amines is 3. The van der Waals surface area contributed by atoms with Gasteiger partial charge >= 0.3 is 56.2 Å². The molecule has 5 unspecified atom stereocenters. The van der Waals surface area contributed by atoms with Gasteiger partial charge in [-0.15, -0.1) is 0 Å². The van der Waals surface area contributed by atoms with Gasteiger partial charge in [-0.1, -0.05) is 0 Å². The number of phosphoric ester groups is 5. The van der Waals surface area contributed by atoms with Crippen LogP contribution in [0.5, 0.6) is 0 Å². The summed E-state index contributed by atoms with van der Waals surface area (Å²) >= 11 is 0. The fourth-order valence-corrected chi connectivity index (χ4v) is 19.0. The van der Waals surface area contributed by atoms with Crippen LogP contribution in [0.3, 0.4) is 0 Å². The van der Waals surface area contributed by atoms with E-state index in [9.17, 15) is 117 Å². The number of fused-ring (bicyclic) bond motifs is 3. The summed E-state index contributed by atoms with van der Waals surface area (Å²) in [7, 11) is -29.4. The monoisotopic (exact) mass is 1890 g/mol. The highest BCUT2D eigenvalue weighted by Crippen LogP contribution is 2.57. The molecule has 0 aliphatic carbocycles. The molecule has 126 heavy (non-hydrogen) atoms. The molecule has 6 saturated heterocycles. The number of aliphatic hydroxyl groups excluding tert-OH is 8. The Morgan fingerprint density at radius 2 is 0.563 bits per heavy atom. The quantitative estimate of drug-likeness (QED) is 0.0174. The average molecular weight is 1890 g/mol. The Morgan fingerprint density at radius 3 is 0.825 bits per heavy atom. The molecule has 686 valence electrons. The van der Waals surface area contributed by atoms with Gasteiger partial charge in [0.1, 0.15) is 127 Å². The lowest BCUT2D eigenvalue weighted by Crippen LogP contribution is -2.39. The van der Waals surface area contributed by atoms with Gasteiger partial charge in [0, 0.05) is 18.6 Å². The maximum absolute atomic E-state index is 14.5. The summed E-state index contributed by atoms with van der Waals surface area (Å²) in [6.07, 6.45) is -44.7. The van der Waals surface area contributed by atoms with E-state index < -0.39 is 306 Å². The number of aromatic nitrogens is 18. The van der Waals surface area contributed by atoms with E-state index in [1.54, 1.807) is 0 Å². The normalized spacial score (nSPS) is 32.4. The molecule has 0 radical (unpaired) electrons. The van der Waals surface area contributed by atoms with Crippen LogP contribution in [0.1, 0.15) is 37.4 Å². The van der Waals surface area contributed by atoms with Gasteiger partial charge in [0.2, 0.25) is 17.8 Å². The first-order valence-corrected chi connectivity index (χ1v) is 43.6. The van der Waals surface area contributed by atoms with E-state index in [0.29, 0.717) is 9.13 Å². The van der Waals surface area contributed by atoms with E-state index >= 15 is 0 Å². The lowest BCUT2D eigenvalue weighted by Gasteiger charge is -2.27. The SMILES string of the molecule is Nc1ccn([C@@H]2O[C@H](COP(=O)(O)O[C@H]3[C@@H](O)[C@H](n4cnc5c(=O)[nH]c(N)nc54)O[C@@H]3COP(=O)(O)O[C@H]3[C@@H](O)[C@H](n4cnc5c(=O)[nH]c(N)nc54)O[C@@H]3COP(=O)(O)O[C@H]3[C@@H](O)[C@H](n4ccc(N)nc4=O)O[C@@H]3COP(=O)(O)O[C@H]3[C@@H](O)[C@H](n4ccc(N)nc4=O)O[C@@H]3COP(=O)(O)O[C@H]3[C@@H](O)[C@H](n4cnc5c(=O)[nH]c(N)nc54)O[C@@H]3CO)[C@@H](O)[C@H]2O)c(=O)n1. The maximum atomic E-state index is 14.5. The van der Waals surface area contributed by atoms with Gasteiger partial charge in [0.15, 0.2) is 70.9 Å². The number of hydrogen-bond acceptors (Lipinski definition) is 50. The number of nitrogen functional groups attached to an aromatic ring is 6. The second kappa shape index (κ2) is 35.2. The summed E-state index contributed by atoms with van der Waals surface area (Å²) in [5.41, 5.74) is 25.7. The minimum absolute atomic E-state index is 0.229. The predicted molar refractivity (Wildman–Crippen MR) is 402 cm³/mol. The molecule has 6 aliphatic rings. The Labute approximate surface area is 694 Å². The number of aliphatic hydroxyl groups is 8. The topological polar surface area (TPSA) is 948 Å². The van der Waals surface area contributed by atoms with Crippen molar-refractivity contribution < 1.29 is 162 Å². The largest absolute Gasteiger partial charge is 0.472 e. The molecule has 15 rings (SSSR count). The molecule has 6 aliphatic heterocycles. The Hall–Kier alpha value is -9.52. The Bertz CT molecular complexity index is 6260. The van der Waals surface area contributed by atoms with E-state index in [4.69, 9.17) is 108 Å². The first kappa shape index (κ1) is 91.2. The summed E-state index contributed by atoms with van der Waals surface area (Å²) < 4.78 is 163. The molecular weight excluding hydrogens is 1820 g/mol. The summed E-state index contributed by atoms with van der Waals surface area (Å²) in [6.45, 7) is -7.86. The van der Waals surface area contributed by atoms with Crippen LogP contribution in [0.2, 0.25) is 0 Å². The van der Waals surface area contributed by atoms with Crippen LogP contribution in [0.15, 0.2) is 84.5 Å². The predicted octanol–water partition coefficient (Wildman–Crippen LogP) is -9.94. The van der Waals surface area contributed by atoms with E-state index in [1.807, 2.05) is 0 Å². The van der Waals surface area contributed by atoms with Gasteiger partial charge in [0.05, 0.1) is 58.6 Å². The smallest absolute Gasteiger partial charge is 0.394 e. The third-order valence-corrected chi connectivity index (χ3v) is 24.8. The zero-order valence-corrected chi connectivity index (χ0v) is 67.5. The van der Waals surface area contributed by atoms with E-state index in [1.165, 1.54) is 0 Å². The number of anilines is 6. The lowest BCUT2D eigenvalue weighted by molar-refractivity contribution is -0.0659. The number of nitrogens with one attached hydrogen (secondary N) is 3. The molecule has 28 N–H and O–H groups in total. The minimum Gasteiger partial charge on any atom is -0.394 e. The number of imidazole rings is 3. The van der Waals surface area contributed by atoms with Crippen molar-refractivity contribution in [3.63, 3.8) is 0 Å². The van der Waals surface area contributed by atoms with Gasteiger partial charge in [-0.2, -0.15) is 29.9 Å². The number of ether oxygens (including phenoxy) is 6. The van der Waals surface area contributed by atoms with Crippen LogP contribution in [0.4, 0.5) is 35.3 Å². The Morgan fingerprint density at radius 1 is 0.333 bits per heavy atom. The van der Waals surface area contributed by atoms with Crippen LogP contribution in [-0.4, -0.2) is 302 Å². The highest BCUT2D eigenvalue weighted by molar-refractivity contribution is 7.48. The van der Waals surface area contributed by atoms with Crippen LogP contribution in [0, 0.1) is 0 Å². The van der Waals surface area contributed by atoms with Crippen molar-refractivity contribution in [3.8, 4) is 0 Å². The summed E-state index contributed by atoms with van der Waals surface area (Å²) in [4.78, 5) is 176. The fourth-order valence-electron chi connectivity index (χ4n) is 14.2. The molecule has 64 nitrogen and oxygen atoms in total. The van der Waals surface area contributed by atoms with E-state index in [0.717, 1.165) is 74.0 Å². The number of nitrogens with zero attached hydrogens (tertiary/aromatic N) is 15. The van der Waals surface area contributed by atoms with Crippen LogP contribution in [0.25, 0.3) is 33.5 Å². The average Bonchev–Trinajstić information content (AvgIpc) is 1.62. The van der Waals surface area contributed by atoms with Crippen molar-refractivity contribution in [2.75, 3.05) is 74.0 Å². The van der Waals surface area contributed by atoms with Crippen molar-refractivity contribution in [1.29, 1.82) is 0 Å². The number of hydrogen-bond donors (Lipinski definition) is 22. The number of phosphoric acid groups is 5. The molecule has 9 aromatic heterocycles. The summed E-state index contributed by atoms with van der Waals surface area (Å²) in [5.74, 6) is -2.44. The number of rotatable bonds is 32. The summed E-state index contributed by atoms with van der Waals surface area (Å²) in [6, 6.07) is 3.18. The van der Waals surface area contributed by atoms with Gasteiger partial charge in [0.25, 0.3) is 16.7 Å². The van der Waals surface area contributed by atoms with Crippen molar-refractivity contribution in [2.45, 2.75) is 147 Å². The van der Waals surface area contributed by atoms with E-state index in [-0.39, 0.29) is 22.8 Å².